The summed E-state index contributed by atoms with van der Waals surface area (Å²) in [7, 11) is 0. The van der Waals surface area contributed by atoms with E-state index in [-0.39, 0.29) is 0 Å². The Morgan fingerprint density at radius 1 is 1.35 bits per heavy atom. The molecule has 0 spiro atoms. The maximum Gasteiger partial charge on any atom is 0.255 e. The third kappa shape index (κ3) is 2.11. The molecule has 2 aromatic heterocycles. The molecule has 2 heterocycles. The highest BCUT2D eigenvalue weighted by molar-refractivity contribution is 5.29. The van der Waals surface area contributed by atoms with Gasteiger partial charge in [0.1, 0.15) is 5.82 Å². The van der Waals surface area contributed by atoms with Crippen LogP contribution in [0.15, 0.2) is 18.5 Å². The van der Waals surface area contributed by atoms with Crippen LogP contribution in [0.4, 0.5) is 5.95 Å². The van der Waals surface area contributed by atoms with Gasteiger partial charge in [-0.1, -0.05) is 0 Å². The molecule has 0 amide bonds. The van der Waals surface area contributed by atoms with E-state index in [4.69, 9.17) is 0 Å². The summed E-state index contributed by atoms with van der Waals surface area (Å²) in [5.74, 6) is 2.60. The first-order chi connectivity index (χ1) is 8.36. The van der Waals surface area contributed by atoms with Gasteiger partial charge in [0.25, 0.3) is 5.95 Å². The van der Waals surface area contributed by atoms with E-state index >= 15 is 0 Å². The molecule has 0 aromatic carbocycles. The Bertz CT molecular complexity index is 503. The van der Waals surface area contributed by atoms with Gasteiger partial charge >= 0.3 is 0 Å². The first-order valence-corrected chi connectivity index (χ1v) is 5.86. The average molecular weight is 230 g/mol. The van der Waals surface area contributed by atoms with Gasteiger partial charge in [-0.15, -0.1) is 0 Å². The molecule has 0 unspecified atom stereocenters. The maximum atomic E-state index is 4.46. The summed E-state index contributed by atoms with van der Waals surface area (Å²) < 4.78 is 1.66. The van der Waals surface area contributed by atoms with E-state index < -0.39 is 0 Å². The Kier molecular flexibility index (Phi) is 2.47. The molecule has 0 bridgehead atoms. The molecule has 0 saturated heterocycles. The lowest BCUT2D eigenvalue weighted by Gasteiger charge is -2.06. The van der Waals surface area contributed by atoms with Crippen LogP contribution in [-0.2, 0) is 0 Å². The van der Waals surface area contributed by atoms with Crippen LogP contribution in [0, 0.1) is 0 Å². The van der Waals surface area contributed by atoms with E-state index in [0.29, 0.717) is 17.8 Å². The molecule has 1 aliphatic carbocycles. The van der Waals surface area contributed by atoms with Gasteiger partial charge < -0.3 is 5.32 Å². The Morgan fingerprint density at radius 3 is 2.88 bits per heavy atom. The van der Waals surface area contributed by atoms with Gasteiger partial charge in [-0.25, -0.2) is 4.68 Å². The van der Waals surface area contributed by atoms with E-state index in [1.807, 2.05) is 19.2 Å². The first-order valence-electron chi connectivity index (χ1n) is 5.86. The highest BCUT2D eigenvalue weighted by Gasteiger charge is 2.28. The van der Waals surface area contributed by atoms with E-state index in [1.54, 1.807) is 10.9 Å². The number of nitrogens with one attached hydrogen (secondary N) is 1. The molecule has 3 rings (SSSR count). The lowest BCUT2D eigenvalue weighted by Crippen LogP contribution is -2.11. The van der Waals surface area contributed by atoms with Crippen LogP contribution in [0.25, 0.3) is 5.95 Å². The minimum absolute atomic E-state index is 0.504. The molecule has 0 aliphatic heterocycles. The van der Waals surface area contributed by atoms with E-state index in [9.17, 15) is 0 Å². The second-order valence-corrected chi connectivity index (χ2v) is 4.07. The zero-order valence-electron chi connectivity index (χ0n) is 9.67. The van der Waals surface area contributed by atoms with E-state index in [2.05, 4.69) is 25.4 Å². The van der Waals surface area contributed by atoms with Crippen molar-refractivity contribution in [3.63, 3.8) is 0 Å². The topological polar surface area (TPSA) is 68.5 Å². The van der Waals surface area contributed by atoms with Gasteiger partial charge in [0.2, 0.25) is 5.95 Å². The molecule has 1 N–H and O–H groups in total. The zero-order chi connectivity index (χ0) is 11.7. The highest BCUT2D eigenvalue weighted by atomic mass is 15.4. The normalized spacial score (nSPS) is 14.9. The Labute approximate surface area is 99.1 Å². The van der Waals surface area contributed by atoms with Crippen molar-refractivity contribution in [2.24, 2.45) is 0 Å². The fraction of sp³-hybridized carbons (Fsp3) is 0.455. The van der Waals surface area contributed by atoms with Crippen LogP contribution in [0.5, 0.6) is 0 Å². The number of nitrogens with zero attached hydrogens (tertiary/aromatic N) is 5. The summed E-state index contributed by atoms with van der Waals surface area (Å²) >= 11 is 0. The summed E-state index contributed by atoms with van der Waals surface area (Å²) in [6, 6.07) is 1.85. The summed E-state index contributed by atoms with van der Waals surface area (Å²) in [4.78, 5) is 13.2. The summed E-state index contributed by atoms with van der Waals surface area (Å²) in [6.07, 6.45) is 5.90. The van der Waals surface area contributed by atoms with Gasteiger partial charge in [0.05, 0.1) is 0 Å². The summed E-state index contributed by atoms with van der Waals surface area (Å²) in [6.45, 7) is 2.82. The average Bonchev–Trinajstić information content (AvgIpc) is 3.05. The molecule has 0 radical (unpaired) electrons. The fourth-order valence-electron chi connectivity index (χ4n) is 1.63. The molecule has 0 atom stereocenters. The lowest BCUT2D eigenvalue weighted by molar-refractivity contribution is 0.766. The molecule has 2 aromatic rings. The molecule has 17 heavy (non-hydrogen) atoms. The van der Waals surface area contributed by atoms with Crippen LogP contribution < -0.4 is 5.32 Å². The van der Waals surface area contributed by atoms with Crippen LogP contribution >= 0.6 is 0 Å². The number of rotatable bonds is 4. The van der Waals surface area contributed by atoms with Crippen molar-refractivity contribution in [2.45, 2.75) is 25.7 Å². The molecule has 1 aliphatic rings. The standard InChI is InChI=1S/C11H14N6/c1-2-12-10-14-9(8-4-5-8)15-11(16-10)17-7-3-6-13-17/h3,6-8H,2,4-5H2,1H3,(H,12,14,15,16). The number of aromatic nitrogens is 5. The van der Waals surface area contributed by atoms with Crippen molar-refractivity contribution in [1.29, 1.82) is 0 Å². The third-order valence-electron chi connectivity index (χ3n) is 2.63. The fourth-order valence-corrected chi connectivity index (χ4v) is 1.63. The van der Waals surface area contributed by atoms with Crippen LogP contribution in [0.2, 0.25) is 0 Å². The van der Waals surface area contributed by atoms with Gasteiger partial charge in [-0.3, -0.25) is 0 Å². The zero-order valence-corrected chi connectivity index (χ0v) is 9.67. The van der Waals surface area contributed by atoms with Crippen LogP contribution in [-0.4, -0.2) is 31.3 Å². The summed E-state index contributed by atoms with van der Waals surface area (Å²) in [5.41, 5.74) is 0. The van der Waals surface area contributed by atoms with E-state index in [0.717, 1.165) is 12.4 Å². The van der Waals surface area contributed by atoms with Gasteiger partial charge in [-0.2, -0.15) is 20.1 Å². The van der Waals surface area contributed by atoms with Crippen molar-refractivity contribution >= 4 is 5.95 Å². The minimum atomic E-state index is 0.504. The number of anilines is 1. The van der Waals surface area contributed by atoms with Crippen molar-refractivity contribution in [3.05, 3.63) is 24.3 Å². The van der Waals surface area contributed by atoms with Gasteiger partial charge in [0.15, 0.2) is 0 Å². The van der Waals surface area contributed by atoms with Crippen molar-refractivity contribution in [3.8, 4) is 5.95 Å². The smallest absolute Gasteiger partial charge is 0.255 e. The monoisotopic (exact) mass is 230 g/mol. The highest BCUT2D eigenvalue weighted by Crippen LogP contribution is 2.38. The SMILES string of the molecule is CCNc1nc(C2CC2)nc(-n2cccn2)n1. The van der Waals surface area contributed by atoms with Gasteiger partial charge in [-0.05, 0) is 25.8 Å². The lowest BCUT2D eigenvalue weighted by atomic mass is 10.4. The van der Waals surface area contributed by atoms with Crippen molar-refractivity contribution < 1.29 is 0 Å². The Balaban J connectivity index is 2.01. The van der Waals surface area contributed by atoms with Crippen LogP contribution in [0.3, 0.4) is 0 Å². The second-order valence-electron chi connectivity index (χ2n) is 4.07. The molecule has 1 saturated carbocycles. The van der Waals surface area contributed by atoms with Crippen molar-refractivity contribution in [2.75, 3.05) is 11.9 Å². The number of hydrogen-bond donors (Lipinski definition) is 1. The third-order valence-corrected chi connectivity index (χ3v) is 2.63. The quantitative estimate of drug-likeness (QED) is 0.859. The van der Waals surface area contributed by atoms with Crippen LogP contribution in [0.1, 0.15) is 31.5 Å². The van der Waals surface area contributed by atoms with Gasteiger partial charge in [0, 0.05) is 24.9 Å². The molecule has 1 fully saturated rings. The predicted octanol–water partition coefficient (Wildman–Crippen LogP) is 1.37. The second kappa shape index (κ2) is 4.12. The molecule has 6 heteroatoms. The minimum Gasteiger partial charge on any atom is -0.354 e. The predicted molar refractivity (Wildman–Crippen MR) is 63.1 cm³/mol. The maximum absolute atomic E-state index is 4.46. The summed E-state index contributed by atoms with van der Waals surface area (Å²) in [5, 5.41) is 7.27. The largest absolute Gasteiger partial charge is 0.354 e. The molecular weight excluding hydrogens is 216 g/mol. The van der Waals surface area contributed by atoms with Crippen molar-refractivity contribution in [1.82, 2.24) is 24.7 Å². The molecule has 6 nitrogen and oxygen atoms in total. The Morgan fingerprint density at radius 2 is 2.24 bits per heavy atom. The molecule has 88 valence electrons. The Hall–Kier alpha value is -1.98. The van der Waals surface area contributed by atoms with E-state index in [1.165, 1.54) is 12.8 Å². The molecular formula is C11H14N6. The number of hydrogen-bond acceptors (Lipinski definition) is 5. The first kappa shape index (κ1) is 10.2.